The highest BCUT2D eigenvalue weighted by molar-refractivity contribution is 9.10. The van der Waals surface area contributed by atoms with Gasteiger partial charge >= 0.3 is 0 Å². The monoisotopic (exact) mass is 296 g/mol. The molecule has 0 atom stereocenters. The third-order valence-electron chi connectivity index (χ3n) is 2.57. The second kappa shape index (κ2) is 5.14. The summed E-state index contributed by atoms with van der Waals surface area (Å²) in [6, 6.07) is 2.00. The molecule has 4 nitrogen and oxygen atoms in total. The van der Waals surface area contributed by atoms with Crippen LogP contribution in [0.5, 0.6) is 0 Å². The van der Waals surface area contributed by atoms with Crippen LogP contribution in [-0.2, 0) is 13.0 Å². The maximum atomic E-state index is 5.65. The van der Waals surface area contributed by atoms with E-state index in [1.54, 1.807) is 6.20 Å². The zero-order valence-corrected chi connectivity index (χ0v) is 11.7. The summed E-state index contributed by atoms with van der Waals surface area (Å²) >= 11 is 3.42. The van der Waals surface area contributed by atoms with E-state index in [0.29, 0.717) is 12.5 Å². The highest BCUT2D eigenvalue weighted by atomic mass is 79.9. The lowest BCUT2D eigenvalue weighted by Crippen LogP contribution is -2.14. The summed E-state index contributed by atoms with van der Waals surface area (Å²) in [5.41, 5.74) is 7.51. The molecule has 0 bridgehead atoms. The van der Waals surface area contributed by atoms with Crippen molar-refractivity contribution in [1.82, 2.24) is 14.5 Å². The first-order chi connectivity index (χ1) is 8.11. The Bertz CT molecular complexity index is 518. The molecule has 0 radical (unpaired) electrons. The van der Waals surface area contributed by atoms with E-state index in [-0.39, 0.29) is 0 Å². The van der Waals surface area contributed by atoms with Gasteiger partial charge in [-0.25, -0.2) is 9.97 Å². The molecule has 2 N–H and O–H groups in total. The number of halogens is 1. The smallest absolute Gasteiger partial charge is 0.160 e. The molecule has 0 saturated carbocycles. The zero-order chi connectivity index (χ0) is 12.4. The summed E-state index contributed by atoms with van der Waals surface area (Å²) in [7, 11) is 0. The van der Waals surface area contributed by atoms with Gasteiger partial charge in [-0.05, 0) is 27.9 Å². The normalized spacial score (nSPS) is 11.6. The number of rotatable bonds is 4. The molecule has 0 fully saturated rings. The number of nitrogens with two attached hydrogens (primary N) is 1. The minimum absolute atomic E-state index is 0.576. The fourth-order valence-electron chi connectivity index (χ4n) is 1.92. The predicted octanol–water partition coefficient (Wildman–Crippen LogP) is 2.35. The molecule has 0 spiro atoms. The molecule has 2 heterocycles. The highest BCUT2D eigenvalue weighted by Crippen LogP contribution is 2.19. The highest BCUT2D eigenvalue weighted by Gasteiger charge is 2.12. The van der Waals surface area contributed by atoms with Crippen molar-refractivity contribution in [2.24, 2.45) is 11.7 Å². The van der Waals surface area contributed by atoms with Crippen molar-refractivity contribution in [3.05, 3.63) is 22.6 Å². The van der Waals surface area contributed by atoms with Crippen LogP contribution in [0.25, 0.3) is 11.2 Å². The van der Waals surface area contributed by atoms with Crippen molar-refractivity contribution < 1.29 is 0 Å². The van der Waals surface area contributed by atoms with Crippen molar-refractivity contribution in [1.29, 1.82) is 0 Å². The molecule has 0 aliphatic heterocycles. The summed E-state index contributed by atoms with van der Waals surface area (Å²) in [6.07, 6.45) is 2.75. The molecule has 2 rings (SSSR count). The van der Waals surface area contributed by atoms with Crippen molar-refractivity contribution in [2.75, 3.05) is 6.54 Å². The number of imidazole rings is 1. The Hall–Kier alpha value is -0.940. The first kappa shape index (κ1) is 12.5. The molecule has 2 aromatic rings. The van der Waals surface area contributed by atoms with Gasteiger partial charge in [-0.2, -0.15) is 0 Å². The van der Waals surface area contributed by atoms with E-state index in [0.717, 1.165) is 34.4 Å². The van der Waals surface area contributed by atoms with Crippen LogP contribution in [-0.4, -0.2) is 21.1 Å². The summed E-state index contributed by atoms with van der Waals surface area (Å²) in [6.45, 7) is 5.76. The zero-order valence-electron chi connectivity index (χ0n) is 10.2. The maximum Gasteiger partial charge on any atom is 0.160 e. The average molecular weight is 297 g/mol. The van der Waals surface area contributed by atoms with E-state index in [9.17, 15) is 0 Å². The number of hydrogen-bond acceptors (Lipinski definition) is 3. The Morgan fingerprint density at radius 2 is 2.24 bits per heavy atom. The van der Waals surface area contributed by atoms with Crippen molar-refractivity contribution in [3.63, 3.8) is 0 Å². The van der Waals surface area contributed by atoms with Gasteiger partial charge in [0.25, 0.3) is 0 Å². The Balaban J connectivity index is 2.53. The molecule has 0 aromatic carbocycles. The standard InChI is InChI=1S/C12H17BrN4/c1-8(2)5-11-16-10-6-9(13)7-15-12(10)17(11)4-3-14/h6-8H,3-5,14H2,1-2H3. The van der Waals surface area contributed by atoms with E-state index in [1.807, 2.05) is 6.07 Å². The first-order valence-corrected chi connectivity index (χ1v) is 6.62. The molecule has 0 unspecified atom stereocenters. The minimum Gasteiger partial charge on any atom is -0.329 e. The second-order valence-corrected chi connectivity index (χ2v) is 5.48. The van der Waals surface area contributed by atoms with Crippen LogP contribution in [0.1, 0.15) is 19.7 Å². The van der Waals surface area contributed by atoms with Crippen LogP contribution in [0, 0.1) is 5.92 Å². The largest absolute Gasteiger partial charge is 0.329 e. The van der Waals surface area contributed by atoms with E-state index >= 15 is 0 Å². The third kappa shape index (κ3) is 2.66. The van der Waals surface area contributed by atoms with Crippen LogP contribution >= 0.6 is 15.9 Å². The van der Waals surface area contributed by atoms with Crippen LogP contribution in [0.15, 0.2) is 16.7 Å². The second-order valence-electron chi connectivity index (χ2n) is 4.56. The summed E-state index contributed by atoms with van der Waals surface area (Å²) in [4.78, 5) is 9.07. The lowest BCUT2D eigenvalue weighted by molar-refractivity contribution is 0.580. The molecule has 0 aliphatic carbocycles. The summed E-state index contributed by atoms with van der Waals surface area (Å²) in [5, 5.41) is 0. The number of fused-ring (bicyclic) bond motifs is 1. The Morgan fingerprint density at radius 1 is 1.47 bits per heavy atom. The van der Waals surface area contributed by atoms with Crippen molar-refractivity contribution in [3.8, 4) is 0 Å². The van der Waals surface area contributed by atoms with Gasteiger partial charge in [-0.3, -0.25) is 0 Å². The van der Waals surface area contributed by atoms with E-state index in [4.69, 9.17) is 5.73 Å². The molecular weight excluding hydrogens is 280 g/mol. The fraction of sp³-hybridized carbons (Fsp3) is 0.500. The lowest BCUT2D eigenvalue weighted by Gasteiger charge is -2.08. The van der Waals surface area contributed by atoms with Crippen LogP contribution in [0.2, 0.25) is 0 Å². The molecule has 92 valence electrons. The molecule has 0 aliphatic rings. The molecule has 0 amide bonds. The third-order valence-corrected chi connectivity index (χ3v) is 3.01. The Morgan fingerprint density at radius 3 is 2.88 bits per heavy atom. The molecule has 17 heavy (non-hydrogen) atoms. The van der Waals surface area contributed by atoms with Gasteiger partial charge in [0.2, 0.25) is 0 Å². The number of nitrogens with zero attached hydrogens (tertiary/aromatic N) is 3. The van der Waals surface area contributed by atoms with E-state index in [1.165, 1.54) is 0 Å². The van der Waals surface area contributed by atoms with Crippen molar-refractivity contribution >= 4 is 27.1 Å². The minimum atomic E-state index is 0.576. The number of aromatic nitrogens is 3. The topological polar surface area (TPSA) is 56.7 Å². The Kier molecular flexibility index (Phi) is 3.79. The first-order valence-electron chi connectivity index (χ1n) is 5.82. The summed E-state index contributed by atoms with van der Waals surface area (Å²) < 4.78 is 3.08. The van der Waals surface area contributed by atoms with Gasteiger partial charge in [0.1, 0.15) is 11.3 Å². The molecule has 0 saturated heterocycles. The van der Waals surface area contributed by atoms with Crippen LogP contribution < -0.4 is 5.73 Å². The van der Waals surface area contributed by atoms with Gasteiger partial charge in [0, 0.05) is 30.2 Å². The van der Waals surface area contributed by atoms with Gasteiger partial charge in [0.15, 0.2) is 5.65 Å². The van der Waals surface area contributed by atoms with Crippen molar-refractivity contribution in [2.45, 2.75) is 26.8 Å². The SMILES string of the molecule is CC(C)Cc1nc2cc(Br)cnc2n1CCN. The maximum absolute atomic E-state index is 5.65. The average Bonchev–Trinajstić information content (AvgIpc) is 2.55. The van der Waals surface area contributed by atoms with Gasteiger partial charge in [-0.15, -0.1) is 0 Å². The predicted molar refractivity (Wildman–Crippen MR) is 72.8 cm³/mol. The van der Waals surface area contributed by atoms with Crippen LogP contribution in [0.3, 0.4) is 0 Å². The van der Waals surface area contributed by atoms with Gasteiger partial charge in [-0.1, -0.05) is 13.8 Å². The van der Waals surface area contributed by atoms with Gasteiger partial charge < -0.3 is 10.3 Å². The molecule has 5 heteroatoms. The van der Waals surface area contributed by atoms with E-state index < -0.39 is 0 Å². The quantitative estimate of drug-likeness (QED) is 0.942. The fourth-order valence-corrected chi connectivity index (χ4v) is 2.24. The summed E-state index contributed by atoms with van der Waals surface area (Å²) in [5.74, 6) is 1.65. The van der Waals surface area contributed by atoms with Gasteiger partial charge in [0.05, 0.1) is 0 Å². The lowest BCUT2D eigenvalue weighted by atomic mass is 10.1. The number of pyridine rings is 1. The number of hydrogen-bond donors (Lipinski definition) is 1. The Labute approximate surface area is 109 Å². The molecule has 2 aromatic heterocycles. The van der Waals surface area contributed by atoms with E-state index in [2.05, 4.69) is 44.3 Å². The molecular formula is C12H17BrN4. The van der Waals surface area contributed by atoms with Crippen LogP contribution in [0.4, 0.5) is 0 Å².